The van der Waals surface area contributed by atoms with Gasteiger partial charge in [0.1, 0.15) is 0 Å². The standard InChI is InChI=1S/C22H21N5O2/c1-26-12-17(15-8-13(5-6-19(15)26)20(29)4-3-7-28)18-9-16-21-14(11-24-27(21)2)10-23-22(16)25-18/h5-6,8-12,24,28H,3-4,7H2,1-2H3. The van der Waals surface area contributed by atoms with E-state index in [-0.39, 0.29) is 12.4 Å². The molecule has 7 heteroatoms. The quantitative estimate of drug-likeness (QED) is 0.451. The predicted octanol–water partition coefficient (Wildman–Crippen LogP) is 3.56. The summed E-state index contributed by atoms with van der Waals surface area (Å²) in [4.78, 5) is 21.7. The van der Waals surface area contributed by atoms with Gasteiger partial charge in [-0.25, -0.2) is 9.97 Å². The van der Waals surface area contributed by atoms with Gasteiger partial charge in [0.15, 0.2) is 11.4 Å². The summed E-state index contributed by atoms with van der Waals surface area (Å²) < 4.78 is 4.01. The van der Waals surface area contributed by atoms with E-state index < -0.39 is 0 Å². The van der Waals surface area contributed by atoms with E-state index in [0.717, 1.165) is 38.4 Å². The number of nitrogens with one attached hydrogen (secondary N) is 1. The van der Waals surface area contributed by atoms with Crippen LogP contribution in [0.3, 0.4) is 0 Å². The third-order valence-electron chi connectivity index (χ3n) is 5.50. The number of hydrogen-bond acceptors (Lipinski definition) is 4. The maximum absolute atomic E-state index is 12.4. The van der Waals surface area contributed by atoms with Crippen LogP contribution in [-0.2, 0) is 14.1 Å². The van der Waals surface area contributed by atoms with Crippen molar-refractivity contribution in [3.05, 3.63) is 48.4 Å². The van der Waals surface area contributed by atoms with Crippen LogP contribution in [0.5, 0.6) is 0 Å². The molecular weight excluding hydrogens is 366 g/mol. The topological polar surface area (TPSA) is 88.7 Å². The fourth-order valence-electron chi connectivity index (χ4n) is 4.03. The van der Waals surface area contributed by atoms with E-state index >= 15 is 0 Å². The number of carbonyl (C=O) groups is 1. The Balaban J connectivity index is 1.69. The highest BCUT2D eigenvalue weighted by atomic mass is 16.3. The fraction of sp³-hybridized carbons (Fsp3) is 0.227. The van der Waals surface area contributed by atoms with E-state index in [2.05, 4.69) is 16.1 Å². The minimum Gasteiger partial charge on any atom is -0.396 e. The Morgan fingerprint density at radius 1 is 1.21 bits per heavy atom. The Kier molecular flexibility index (Phi) is 3.99. The molecule has 5 rings (SSSR count). The highest BCUT2D eigenvalue weighted by Crippen LogP contribution is 2.34. The van der Waals surface area contributed by atoms with Gasteiger partial charge in [0.2, 0.25) is 0 Å². The number of pyridine rings is 1. The van der Waals surface area contributed by atoms with Gasteiger partial charge >= 0.3 is 0 Å². The normalized spacial score (nSPS) is 11.8. The van der Waals surface area contributed by atoms with E-state index in [9.17, 15) is 4.79 Å². The number of aliphatic hydroxyl groups excluding tert-OH is 1. The maximum atomic E-state index is 12.4. The summed E-state index contributed by atoms with van der Waals surface area (Å²) in [5.41, 5.74) is 5.28. The zero-order chi connectivity index (χ0) is 20.1. The molecule has 0 bridgehead atoms. The first-order chi connectivity index (χ1) is 14.1. The van der Waals surface area contributed by atoms with Crippen LogP contribution in [-0.4, -0.2) is 41.8 Å². The summed E-state index contributed by atoms with van der Waals surface area (Å²) in [6.45, 7) is 0.0205. The van der Waals surface area contributed by atoms with Crippen molar-refractivity contribution in [1.29, 1.82) is 0 Å². The van der Waals surface area contributed by atoms with E-state index in [0.29, 0.717) is 24.1 Å². The maximum Gasteiger partial charge on any atom is 0.162 e. The number of aliphatic hydroxyl groups is 1. The highest BCUT2D eigenvalue weighted by molar-refractivity contribution is 6.07. The minimum absolute atomic E-state index is 0.0205. The molecule has 0 aliphatic heterocycles. The predicted molar refractivity (Wildman–Crippen MR) is 113 cm³/mol. The molecule has 0 spiro atoms. The Labute approximate surface area is 166 Å². The van der Waals surface area contributed by atoms with Crippen molar-refractivity contribution in [2.75, 3.05) is 6.61 Å². The van der Waals surface area contributed by atoms with Crippen LogP contribution in [0.15, 0.2) is 42.9 Å². The van der Waals surface area contributed by atoms with Crippen molar-refractivity contribution in [3.63, 3.8) is 0 Å². The summed E-state index contributed by atoms with van der Waals surface area (Å²) >= 11 is 0. The number of fused-ring (bicyclic) bond motifs is 4. The monoisotopic (exact) mass is 387 g/mol. The summed E-state index contributed by atoms with van der Waals surface area (Å²) in [7, 11) is 3.96. The van der Waals surface area contributed by atoms with Crippen molar-refractivity contribution in [2.45, 2.75) is 12.8 Å². The van der Waals surface area contributed by atoms with Crippen LogP contribution in [0.25, 0.3) is 44.1 Å². The lowest BCUT2D eigenvalue weighted by Crippen LogP contribution is -2.00. The molecule has 5 aromatic rings. The first-order valence-corrected chi connectivity index (χ1v) is 9.60. The van der Waals surface area contributed by atoms with Crippen molar-refractivity contribution in [3.8, 4) is 11.3 Å². The van der Waals surface area contributed by atoms with E-state index in [1.54, 1.807) is 0 Å². The van der Waals surface area contributed by atoms with Gasteiger partial charge < -0.3 is 14.8 Å². The second kappa shape index (κ2) is 6.56. The Morgan fingerprint density at radius 2 is 2.07 bits per heavy atom. The summed E-state index contributed by atoms with van der Waals surface area (Å²) in [6.07, 6.45) is 6.61. The Morgan fingerprint density at radius 3 is 2.90 bits per heavy atom. The van der Waals surface area contributed by atoms with Crippen LogP contribution < -0.4 is 0 Å². The molecule has 146 valence electrons. The molecule has 0 saturated carbocycles. The largest absolute Gasteiger partial charge is 0.396 e. The number of nitrogens with zero attached hydrogens (tertiary/aromatic N) is 4. The number of hydrogen-bond donors (Lipinski definition) is 2. The number of Topliss-reactive ketones (excluding diaryl/α,β-unsaturated/α-hetero) is 1. The number of carbonyl (C=O) groups excluding carboxylic acids is 1. The fourth-order valence-corrected chi connectivity index (χ4v) is 4.03. The zero-order valence-electron chi connectivity index (χ0n) is 16.3. The third kappa shape index (κ3) is 2.74. The number of H-pyrrole nitrogens is 1. The lowest BCUT2D eigenvalue weighted by molar-refractivity contribution is 0.0971. The lowest BCUT2D eigenvalue weighted by atomic mass is 10.0. The average molecular weight is 387 g/mol. The molecular formula is C22H21N5O2. The third-order valence-corrected chi connectivity index (χ3v) is 5.50. The van der Waals surface area contributed by atoms with Crippen molar-refractivity contribution in [2.24, 2.45) is 14.1 Å². The number of ketones is 1. The summed E-state index contributed by atoms with van der Waals surface area (Å²) in [6, 6.07) is 7.82. The van der Waals surface area contributed by atoms with Crippen LogP contribution in [0.1, 0.15) is 23.2 Å². The first-order valence-electron chi connectivity index (χ1n) is 9.60. The van der Waals surface area contributed by atoms with Crippen LogP contribution in [0.4, 0.5) is 0 Å². The van der Waals surface area contributed by atoms with Crippen LogP contribution in [0, 0.1) is 0 Å². The highest BCUT2D eigenvalue weighted by Gasteiger charge is 2.17. The van der Waals surface area contributed by atoms with Gasteiger partial charge in [-0.1, -0.05) is 0 Å². The number of aromatic nitrogens is 5. The lowest BCUT2D eigenvalue weighted by Gasteiger charge is -2.02. The van der Waals surface area contributed by atoms with E-state index in [1.165, 1.54) is 0 Å². The SMILES string of the molecule is Cn1cc(-c2cc3c(ncc4c[nH]n(C)c43)n2)c2cc(C(=O)CCCO)ccc21. The second-order valence-electron chi connectivity index (χ2n) is 7.41. The van der Waals surface area contributed by atoms with E-state index in [1.807, 2.05) is 60.1 Å². The molecule has 0 atom stereocenters. The van der Waals surface area contributed by atoms with Crippen molar-refractivity contribution < 1.29 is 9.90 Å². The molecule has 29 heavy (non-hydrogen) atoms. The number of aromatic amines is 1. The van der Waals surface area contributed by atoms with Gasteiger partial charge in [0, 0.05) is 78.5 Å². The van der Waals surface area contributed by atoms with Crippen molar-refractivity contribution >= 4 is 38.6 Å². The minimum atomic E-state index is 0.0205. The molecule has 0 radical (unpaired) electrons. The number of aryl methyl sites for hydroxylation is 2. The van der Waals surface area contributed by atoms with Gasteiger partial charge in [-0.05, 0) is 30.7 Å². The van der Waals surface area contributed by atoms with Crippen LogP contribution in [0.2, 0.25) is 0 Å². The molecule has 2 N–H and O–H groups in total. The summed E-state index contributed by atoms with van der Waals surface area (Å²) in [5, 5.41) is 15.2. The molecule has 0 saturated heterocycles. The Hall–Kier alpha value is -3.45. The van der Waals surface area contributed by atoms with Gasteiger partial charge in [-0.2, -0.15) is 0 Å². The van der Waals surface area contributed by atoms with E-state index in [4.69, 9.17) is 10.1 Å². The molecule has 0 unspecified atom stereocenters. The molecule has 1 aromatic carbocycles. The second-order valence-corrected chi connectivity index (χ2v) is 7.41. The average Bonchev–Trinajstić information content (AvgIpc) is 3.41. The van der Waals surface area contributed by atoms with Gasteiger partial charge in [0.25, 0.3) is 0 Å². The molecule has 4 heterocycles. The molecule has 0 aliphatic carbocycles. The summed E-state index contributed by atoms with van der Waals surface area (Å²) in [5.74, 6) is 0.0408. The number of rotatable bonds is 5. The molecule has 4 aromatic heterocycles. The van der Waals surface area contributed by atoms with Gasteiger partial charge in [-0.15, -0.1) is 0 Å². The first kappa shape index (κ1) is 17.6. The zero-order valence-corrected chi connectivity index (χ0v) is 16.3. The Bertz CT molecular complexity index is 1390. The molecule has 0 amide bonds. The van der Waals surface area contributed by atoms with Gasteiger partial charge in [-0.3, -0.25) is 9.48 Å². The van der Waals surface area contributed by atoms with Gasteiger partial charge in [0.05, 0.1) is 11.2 Å². The van der Waals surface area contributed by atoms with Crippen LogP contribution >= 0.6 is 0 Å². The molecule has 0 aliphatic rings. The molecule has 7 nitrogen and oxygen atoms in total. The van der Waals surface area contributed by atoms with Crippen molar-refractivity contribution in [1.82, 2.24) is 24.3 Å². The molecule has 0 fully saturated rings. The smallest absolute Gasteiger partial charge is 0.162 e. The number of benzene rings is 1.